The minimum absolute atomic E-state index is 0.323. The highest BCUT2D eigenvalue weighted by Gasteiger charge is 2.73. The van der Waals surface area contributed by atoms with Gasteiger partial charge in [0.25, 0.3) is 0 Å². The lowest BCUT2D eigenvalue weighted by molar-refractivity contribution is -0.381. The molecule has 0 saturated carbocycles. The summed E-state index contributed by atoms with van der Waals surface area (Å²) in [6.45, 7) is -0.581. The van der Waals surface area contributed by atoms with Crippen LogP contribution >= 0.6 is 0 Å². The molecule has 0 radical (unpaired) electrons. The molecule has 0 aliphatic rings. The fourth-order valence-electron chi connectivity index (χ4n) is 1.20. The maximum absolute atomic E-state index is 12.4. The Morgan fingerprint density at radius 3 is 2.11 bits per heavy atom. The van der Waals surface area contributed by atoms with Gasteiger partial charge in [0.1, 0.15) is 5.76 Å². The Labute approximate surface area is 101 Å². The molecule has 0 bridgehead atoms. The van der Waals surface area contributed by atoms with Gasteiger partial charge in [-0.15, -0.1) is 0 Å². The third-order valence-corrected chi connectivity index (χ3v) is 2.13. The third kappa shape index (κ3) is 2.61. The molecule has 1 aromatic heterocycles. The lowest BCUT2D eigenvalue weighted by Crippen LogP contribution is -2.53. The number of hydrogen-bond donors (Lipinski definition) is 1. The second-order valence-electron chi connectivity index (χ2n) is 3.36. The van der Waals surface area contributed by atoms with Crippen molar-refractivity contribution in [3.63, 3.8) is 0 Å². The summed E-state index contributed by atoms with van der Waals surface area (Å²) >= 11 is 0. The van der Waals surface area contributed by atoms with Crippen molar-refractivity contribution >= 4 is 0 Å². The zero-order chi connectivity index (χ0) is 14.9. The molecule has 11 heteroatoms. The summed E-state index contributed by atoms with van der Waals surface area (Å²) in [7, 11) is 0. The van der Waals surface area contributed by atoms with E-state index in [1.807, 2.05) is 0 Å². The van der Waals surface area contributed by atoms with Crippen LogP contribution in [-0.4, -0.2) is 17.5 Å². The van der Waals surface area contributed by atoms with Crippen molar-refractivity contribution in [2.24, 2.45) is 5.11 Å². The van der Waals surface area contributed by atoms with Gasteiger partial charge >= 0.3 is 18.0 Å². The molecule has 0 aromatic carbocycles. The first-order valence-electron chi connectivity index (χ1n) is 4.50. The van der Waals surface area contributed by atoms with Gasteiger partial charge in [0.15, 0.2) is 5.76 Å². The minimum atomic E-state index is -6.02. The molecule has 106 valence electrons. The van der Waals surface area contributed by atoms with Crippen molar-refractivity contribution in [1.29, 1.82) is 0 Å². The molecule has 0 fully saturated rings. The molecular formula is C8H5F6N3O2. The van der Waals surface area contributed by atoms with E-state index >= 15 is 0 Å². The maximum Gasteiger partial charge on any atom is 0.433 e. The first-order chi connectivity index (χ1) is 8.54. The molecule has 19 heavy (non-hydrogen) atoms. The Kier molecular flexibility index (Phi) is 3.73. The largest absolute Gasteiger partial charge is 0.462 e. The highest BCUT2D eigenvalue weighted by Crippen LogP contribution is 2.50. The highest BCUT2D eigenvalue weighted by atomic mass is 19.4. The zero-order valence-electron chi connectivity index (χ0n) is 8.83. The van der Waals surface area contributed by atoms with Gasteiger partial charge in [0.2, 0.25) is 0 Å². The van der Waals surface area contributed by atoms with Gasteiger partial charge in [0.05, 0.1) is 6.54 Å². The van der Waals surface area contributed by atoms with Crippen LogP contribution in [0.15, 0.2) is 21.7 Å². The average Bonchev–Trinajstić information content (AvgIpc) is 2.70. The predicted molar refractivity (Wildman–Crippen MR) is 47.6 cm³/mol. The summed E-state index contributed by atoms with van der Waals surface area (Å²) in [5.41, 5.74) is 2.84. The molecule has 1 aromatic rings. The SMILES string of the molecule is [N-]=[N+]=NCc1ccc(C(O)(C(F)(F)F)C(F)(F)F)o1. The summed E-state index contributed by atoms with van der Waals surface area (Å²) in [4.78, 5) is 2.26. The molecule has 1 N–H and O–H groups in total. The number of halogens is 6. The summed E-state index contributed by atoms with van der Waals surface area (Å²) in [5.74, 6) is -2.18. The minimum Gasteiger partial charge on any atom is -0.462 e. The third-order valence-electron chi connectivity index (χ3n) is 2.13. The van der Waals surface area contributed by atoms with Crippen LogP contribution < -0.4 is 0 Å². The van der Waals surface area contributed by atoms with Gasteiger partial charge < -0.3 is 9.52 Å². The second kappa shape index (κ2) is 4.67. The van der Waals surface area contributed by atoms with Crippen LogP contribution in [-0.2, 0) is 12.1 Å². The van der Waals surface area contributed by atoms with E-state index in [0.29, 0.717) is 6.07 Å². The molecule has 1 heterocycles. The molecule has 0 spiro atoms. The number of furan rings is 1. The van der Waals surface area contributed by atoms with E-state index in [1.165, 1.54) is 0 Å². The Morgan fingerprint density at radius 1 is 1.16 bits per heavy atom. The van der Waals surface area contributed by atoms with E-state index in [-0.39, 0.29) is 0 Å². The topological polar surface area (TPSA) is 82.1 Å². The lowest BCUT2D eigenvalue weighted by Gasteiger charge is -2.30. The van der Waals surface area contributed by atoms with Gasteiger partial charge in [-0.2, -0.15) is 26.3 Å². The fourth-order valence-corrected chi connectivity index (χ4v) is 1.20. The van der Waals surface area contributed by atoms with E-state index in [4.69, 9.17) is 10.6 Å². The van der Waals surface area contributed by atoms with Gasteiger partial charge in [-0.3, -0.25) is 0 Å². The van der Waals surface area contributed by atoms with Crippen LogP contribution in [0.25, 0.3) is 10.4 Å². The molecule has 5 nitrogen and oxygen atoms in total. The number of nitrogens with zero attached hydrogens (tertiary/aromatic N) is 3. The van der Waals surface area contributed by atoms with E-state index in [9.17, 15) is 26.3 Å². The van der Waals surface area contributed by atoms with Crippen LogP contribution in [0.3, 0.4) is 0 Å². The Hall–Kier alpha value is -1.87. The maximum atomic E-state index is 12.4. The van der Waals surface area contributed by atoms with E-state index in [2.05, 4.69) is 14.4 Å². The first kappa shape index (κ1) is 15.2. The molecule has 1 rings (SSSR count). The number of azide groups is 1. The van der Waals surface area contributed by atoms with E-state index < -0.39 is 36.0 Å². The van der Waals surface area contributed by atoms with Crippen molar-refractivity contribution < 1.29 is 35.9 Å². The number of alkyl halides is 6. The van der Waals surface area contributed by atoms with Gasteiger partial charge in [0, 0.05) is 4.91 Å². The zero-order valence-corrected chi connectivity index (χ0v) is 8.83. The molecule has 0 aliphatic carbocycles. The number of rotatable bonds is 3. The van der Waals surface area contributed by atoms with Crippen LogP contribution in [0.1, 0.15) is 11.5 Å². The van der Waals surface area contributed by atoms with Gasteiger partial charge in [-0.25, -0.2) is 0 Å². The monoisotopic (exact) mass is 289 g/mol. The lowest BCUT2D eigenvalue weighted by atomic mass is 10.00. The van der Waals surface area contributed by atoms with E-state index in [0.717, 1.165) is 6.07 Å². The predicted octanol–water partition coefficient (Wildman–Crippen LogP) is 3.40. The van der Waals surface area contributed by atoms with Crippen molar-refractivity contribution in [3.05, 3.63) is 34.1 Å². The molecule has 0 unspecified atom stereocenters. The van der Waals surface area contributed by atoms with Crippen LogP contribution in [0.5, 0.6) is 0 Å². The van der Waals surface area contributed by atoms with Crippen LogP contribution in [0.2, 0.25) is 0 Å². The fraction of sp³-hybridized carbons (Fsp3) is 0.500. The summed E-state index contributed by atoms with van der Waals surface area (Å²) < 4.78 is 78.9. The Morgan fingerprint density at radius 2 is 1.68 bits per heavy atom. The highest BCUT2D eigenvalue weighted by molar-refractivity contribution is 5.19. The molecule has 0 atom stereocenters. The van der Waals surface area contributed by atoms with Crippen LogP contribution in [0, 0.1) is 0 Å². The normalized spacial score (nSPS) is 13.2. The Balaban J connectivity index is 3.28. The van der Waals surface area contributed by atoms with Gasteiger partial charge in [-0.1, -0.05) is 5.11 Å². The van der Waals surface area contributed by atoms with Crippen LogP contribution in [0.4, 0.5) is 26.3 Å². The first-order valence-corrected chi connectivity index (χ1v) is 4.50. The molecular weight excluding hydrogens is 284 g/mol. The van der Waals surface area contributed by atoms with Crippen molar-refractivity contribution in [2.75, 3.05) is 0 Å². The molecule has 0 amide bonds. The molecule has 0 aliphatic heterocycles. The number of aliphatic hydroxyl groups is 1. The molecule has 0 saturated heterocycles. The standard InChI is InChI=1S/C8H5F6N3O2/c9-7(10,11)6(18,8(12,13)14)5-2-1-4(19-5)3-16-17-15/h1-2,18H,3H2. The smallest absolute Gasteiger partial charge is 0.433 e. The van der Waals surface area contributed by atoms with Gasteiger partial charge in [-0.05, 0) is 17.7 Å². The van der Waals surface area contributed by atoms with Crippen molar-refractivity contribution in [2.45, 2.75) is 24.5 Å². The summed E-state index contributed by atoms with van der Waals surface area (Å²) in [6.07, 6.45) is -12.0. The Bertz CT molecular complexity index is 485. The summed E-state index contributed by atoms with van der Waals surface area (Å²) in [6, 6.07) is 1.07. The van der Waals surface area contributed by atoms with Crippen molar-refractivity contribution in [3.8, 4) is 0 Å². The summed E-state index contributed by atoms with van der Waals surface area (Å²) in [5, 5.41) is 11.9. The quantitative estimate of drug-likeness (QED) is 0.400. The number of hydrogen-bond acceptors (Lipinski definition) is 3. The van der Waals surface area contributed by atoms with Crippen molar-refractivity contribution in [1.82, 2.24) is 0 Å². The van der Waals surface area contributed by atoms with E-state index in [1.54, 1.807) is 0 Å². The second-order valence-corrected chi connectivity index (χ2v) is 3.36. The average molecular weight is 289 g/mol.